The van der Waals surface area contributed by atoms with Crippen LogP contribution in [0.3, 0.4) is 0 Å². The average Bonchev–Trinajstić information content (AvgIpc) is 2.70. The van der Waals surface area contributed by atoms with Crippen LogP contribution in [0.25, 0.3) is 0 Å². The van der Waals surface area contributed by atoms with Gasteiger partial charge in [-0.2, -0.15) is 10.4 Å². The molecule has 2 aromatic heterocycles. The Labute approximate surface area is 115 Å². The average molecular weight is 273 g/mol. The third-order valence-electron chi connectivity index (χ3n) is 3.00. The van der Waals surface area contributed by atoms with Crippen LogP contribution in [0.15, 0.2) is 21.9 Å². The Morgan fingerprint density at radius 1 is 1.35 bits per heavy atom. The highest BCUT2D eigenvalue weighted by Gasteiger charge is 2.05. The molecule has 2 aromatic rings. The molecule has 0 aliphatic heterocycles. The Morgan fingerprint density at radius 2 is 2.10 bits per heavy atom. The predicted molar refractivity (Wildman–Crippen MR) is 72.4 cm³/mol. The van der Waals surface area contributed by atoms with E-state index in [9.17, 15) is 9.59 Å². The van der Waals surface area contributed by atoms with Crippen molar-refractivity contribution in [2.75, 3.05) is 0 Å². The second-order valence-corrected chi connectivity index (χ2v) is 4.61. The van der Waals surface area contributed by atoms with E-state index in [0.717, 1.165) is 11.4 Å². The molecule has 7 heteroatoms. The van der Waals surface area contributed by atoms with Crippen LogP contribution in [0.1, 0.15) is 23.4 Å². The van der Waals surface area contributed by atoms with Crippen LogP contribution in [0.4, 0.5) is 0 Å². The maximum absolute atomic E-state index is 11.6. The largest absolute Gasteiger partial charge is 0.328 e. The minimum atomic E-state index is -0.646. The topological polar surface area (TPSA) is 96.5 Å². The van der Waals surface area contributed by atoms with Gasteiger partial charge in [-0.05, 0) is 26.3 Å². The molecule has 0 fully saturated rings. The van der Waals surface area contributed by atoms with Crippen molar-refractivity contribution >= 4 is 0 Å². The Morgan fingerprint density at radius 3 is 2.70 bits per heavy atom. The molecule has 0 saturated heterocycles. The zero-order valence-electron chi connectivity index (χ0n) is 11.4. The third kappa shape index (κ3) is 2.85. The molecule has 0 aromatic carbocycles. The molecule has 0 atom stereocenters. The number of H-pyrrole nitrogens is 1. The number of hydrogen-bond donors (Lipinski definition) is 1. The van der Waals surface area contributed by atoms with Crippen LogP contribution in [0.2, 0.25) is 0 Å². The maximum atomic E-state index is 11.6. The van der Waals surface area contributed by atoms with Crippen molar-refractivity contribution in [3.8, 4) is 6.07 Å². The fourth-order valence-electron chi connectivity index (χ4n) is 2.05. The third-order valence-corrected chi connectivity index (χ3v) is 3.00. The first-order chi connectivity index (χ1) is 9.51. The van der Waals surface area contributed by atoms with Gasteiger partial charge in [0.05, 0.1) is 5.69 Å². The first-order valence-corrected chi connectivity index (χ1v) is 6.26. The number of hydrogen-bond acceptors (Lipinski definition) is 4. The minimum Gasteiger partial charge on any atom is -0.299 e. The number of aromatic amines is 1. The summed E-state index contributed by atoms with van der Waals surface area (Å²) in [5.74, 6) is 0. The van der Waals surface area contributed by atoms with Crippen LogP contribution in [-0.4, -0.2) is 19.3 Å². The predicted octanol–water partition coefficient (Wildman–Crippen LogP) is 0.312. The van der Waals surface area contributed by atoms with Crippen molar-refractivity contribution in [1.82, 2.24) is 19.3 Å². The molecule has 2 heterocycles. The van der Waals surface area contributed by atoms with Crippen molar-refractivity contribution in [3.63, 3.8) is 0 Å². The molecule has 0 amide bonds. The fourth-order valence-corrected chi connectivity index (χ4v) is 2.05. The van der Waals surface area contributed by atoms with Crippen molar-refractivity contribution in [2.45, 2.75) is 33.4 Å². The first-order valence-electron chi connectivity index (χ1n) is 6.26. The Bertz CT molecular complexity index is 775. The van der Waals surface area contributed by atoms with E-state index in [1.165, 1.54) is 10.8 Å². The van der Waals surface area contributed by atoms with Crippen LogP contribution in [-0.2, 0) is 13.1 Å². The summed E-state index contributed by atoms with van der Waals surface area (Å²) < 4.78 is 3.21. The molecule has 1 N–H and O–H groups in total. The summed E-state index contributed by atoms with van der Waals surface area (Å²) in [6.07, 6.45) is 1.97. The number of aryl methyl sites for hydroxylation is 4. The van der Waals surface area contributed by atoms with Gasteiger partial charge in [0, 0.05) is 25.0 Å². The van der Waals surface area contributed by atoms with Crippen molar-refractivity contribution in [1.29, 1.82) is 5.26 Å². The highest BCUT2D eigenvalue weighted by molar-refractivity contribution is 5.21. The second kappa shape index (κ2) is 5.57. The van der Waals surface area contributed by atoms with E-state index in [1.54, 1.807) is 6.07 Å². The smallest absolute Gasteiger partial charge is 0.299 e. The molecule has 0 bridgehead atoms. The van der Waals surface area contributed by atoms with Crippen LogP contribution in [0, 0.1) is 25.2 Å². The molecule has 0 saturated carbocycles. The molecule has 20 heavy (non-hydrogen) atoms. The molecule has 0 unspecified atom stereocenters. The monoisotopic (exact) mass is 273 g/mol. The maximum Gasteiger partial charge on any atom is 0.328 e. The molecule has 0 aliphatic rings. The minimum absolute atomic E-state index is 0.0595. The normalized spacial score (nSPS) is 10.4. The zero-order valence-corrected chi connectivity index (χ0v) is 11.4. The number of nitriles is 1. The lowest BCUT2D eigenvalue weighted by molar-refractivity contribution is 0.504. The highest BCUT2D eigenvalue weighted by atomic mass is 16.2. The standard InChI is InChI=1S/C13H15N5O2/c1-9-6-10(2)18(16-9)5-3-4-17-8-11(7-14)12(19)15-13(17)20/h6,8H,3-5H2,1-2H3,(H,15,19,20). The van der Waals surface area contributed by atoms with E-state index in [1.807, 2.05) is 24.6 Å². The number of nitrogens with one attached hydrogen (secondary N) is 1. The Hall–Kier alpha value is -2.62. The van der Waals surface area contributed by atoms with E-state index >= 15 is 0 Å². The quantitative estimate of drug-likeness (QED) is 0.867. The van der Waals surface area contributed by atoms with Crippen molar-refractivity contribution in [3.05, 3.63) is 50.1 Å². The molecular weight excluding hydrogens is 258 g/mol. The summed E-state index contributed by atoms with van der Waals surface area (Å²) in [7, 11) is 0. The lowest BCUT2D eigenvalue weighted by atomic mass is 10.3. The van der Waals surface area contributed by atoms with Gasteiger partial charge in [0.2, 0.25) is 0 Å². The van der Waals surface area contributed by atoms with Gasteiger partial charge in [0.15, 0.2) is 0 Å². The van der Waals surface area contributed by atoms with Crippen LogP contribution < -0.4 is 11.2 Å². The van der Waals surface area contributed by atoms with Gasteiger partial charge < -0.3 is 0 Å². The lowest BCUT2D eigenvalue weighted by Gasteiger charge is -2.06. The fraction of sp³-hybridized carbons (Fsp3) is 0.385. The summed E-state index contributed by atoms with van der Waals surface area (Å²) in [5.41, 5.74) is 0.815. The number of aromatic nitrogens is 4. The van der Waals surface area contributed by atoms with E-state index in [-0.39, 0.29) is 5.56 Å². The highest BCUT2D eigenvalue weighted by Crippen LogP contribution is 2.03. The van der Waals surface area contributed by atoms with Gasteiger partial charge in [-0.3, -0.25) is 19.0 Å². The van der Waals surface area contributed by atoms with E-state index in [0.29, 0.717) is 19.5 Å². The zero-order chi connectivity index (χ0) is 14.7. The van der Waals surface area contributed by atoms with E-state index in [4.69, 9.17) is 5.26 Å². The molecular formula is C13H15N5O2. The van der Waals surface area contributed by atoms with Gasteiger partial charge in [0.1, 0.15) is 11.6 Å². The molecule has 0 aliphatic carbocycles. The van der Waals surface area contributed by atoms with Gasteiger partial charge in [-0.15, -0.1) is 0 Å². The first kappa shape index (κ1) is 13.8. The summed E-state index contributed by atoms with van der Waals surface area (Å²) in [6.45, 7) is 4.99. The molecule has 7 nitrogen and oxygen atoms in total. The van der Waals surface area contributed by atoms with Crippen LogP contribution >= 0.6 is 0 Å². The lowest BCUT2D eigenvalue weighted by Crippen LogP contribution is -2.31. The van der Waals surface area contributed by atoms with Gasteiger partial charge in [-0.1, -0.05) is 0 Å². The number of nitrogens with zero attached hydrogens (tertiary/aromatic N) is 4. The second-order valence-electron chi connectivity index (χ2n) is 4.61. The van der Waals surface area contributed by atoms with Crippen molar-refractivity contribution < 1.29 is 0 Å². The van der Waals surface area contributed by atoms with Crippen molar-refractivity contribution in [2.24, 2.45) is 0 Å². The molecule has 2 rings (SSSR count). The molecule has 0 spiro atoms. The summed E-state index contributed by atoms with van der Waals surface area (Å²) in [4.78, 5) is 25.0. The Balaban J connectivity index is 2.09. The van der Waals surface area contributed by atoms with Gasteiger partial charge >= 0.3 is 5.69 Å². The van der Waals surface area contributed by atoms with E-state index in [2.05, 4.69) is 10.1 Å². The number of rotatable bonds is 4. The Kier molecular flexibility index (Phi) is 3.84. The van der Waals surface area contributed by atoms with Gasteiger partial charge in [0.25, 0.3) is 5.56 Å². The summed E-state index contributed by atoms with van der Waals surface area (Å²) >= 11 is 0. The summed E-state index contributed by atoms with van der Waals surface area (Å²) in [5, 5.41) is 13.1. The van der Waals surface area contributed by atoms with Crippen LogP contribution in [0.5, 0.6) is 0 Å². The van der Waals surface area contributed by atoms with Gasteiger partial charge in [-0.25, -0.2) is 4.79 Å². The SMILES string of the molecule is Cc1cc(C)n(CCCn2cc(C#N)c(=O)[nH]c2=O)n1. The molecule has 0 radical (unpaired) electrons. The summed E-state index contributed by atoms with van der Waals surface area (Å²) in [6, 6.07) is 3.75. The van der Waals surface area contributed by atoms with E-state index < -0.39 is 11.2 Å². The molecule has 104 valence electrons.